The number of carbonyl (C=O) groups excluding carboxylic acids is 1. The third kappa shape index (κ3) is 5.86. The summed E-state index contributed by atoms with van der Waals surface area (Å²) in [6.07, 6.45) is 0. The van der Waals surface area contributed by atoms with Crippen LogP contribution in [-0.4, -0.2) is 31.9 Å². The highest BCUT2D eigenvalue weighted by Crippen LogP contribution is 2.28. The molecule has 0 spiro atoms. The molecule has 0 radical (unpaired) electrons. The minimum absolute atomic E-state index is 0.296. The van der Waals surface area contributed by atoms with Crippen molar-refractivity contribution in [2.45, 2.75) is 11.4 Å². The van der Waals surface area contributed by atoms with Crippen molar-refractivity contribution in [2.24, 2.45) is 5.73 Å². The lowest BCUT2D eigenvalue weighted by molar-refractivity contribution is -0.115. The van der Waals surface area contributed by atoms with Crippen molar-refractivity contribution in [3.8, 4) is 0 Å². The van der Waals surface area contributed by atoms with Crippen LogP contribution in [-0.2, 0) is 16.1 Å². The molecule has 0 aliphatic carbocycles. The van der Waals surface area contributed by atoms with Crippen LogP contribution in [0.25, 0.3) is 0 Å². The maximum atomic E-state index is 10.7. The largest absolute Gasteiger partial charge is 0.383 e. The Labute approximate surface area is 120 Å². The molecule has 0 atom stereocenters. The van der Waals surface area contributed by atoms with Gasteiger partial charge < -0.3 is 15.8 Å². The smallest absolute Gasteiger partial charge is 0.227 e. The van der Waals surface area contributed by atoms with E-state index in [1.54, 1.807) is 7.11 Å². The standard InChI is InChI=1S/C12H17BrN2O2S/c1-17-5-4-15-7-9-2-3-11(10(13)6-9)18-8-12(14)16/h2-3,6,15H,4-5,7-8H2,1H3,(H2,14,16). The van der Waals surface area contributed by atoms with Crippen molar-refractivity contribution in [3.05, 3.63) is 28.2 Å². The lowest BCUT2D eigenvalue weighted by Crippen LogP contribution is -2.18. The molecule has 0 bridgehead atoms. The maximum Gasteiger partial charge on any atom is 0.227 e. The average Bonchev–Trinajstić information content (AvgIpc) is 2.33. The van der Waals surface area contributed by atoms with Crippen LogP contribution in [0, 0.1) is 0 Å². The molecule has 1 amide bonds. The van der Waals surface area contributed by atoms with E-state index in [2.05, 4.69) is 21.2 Å². The molecule has 18 heavy (non-hydrogen) atoms. The van der Waals surface area contributed by atoms with Gasteiger partial charge >= 0.3 is 0 Å². The van der Waals surface area contributed by atoms with Gasteiger partial charge in [-0.1, -0.05) is 6.07 Å². The van der Waals surface area contributed by atoms with E-state index in [4.69, 9.17) is 10.5 Å². The van der Waals surface area contributed by atoms with Crippen LogP contribution in [0.2, 0.25) is 0 Å². The molecule has 3 N–H and O–H groups in total. The highest BCUT2D eigenvalue weighted by Gasteiger charge is 2.04. The van der Waals surface area contributed by atoms with Crippen LogP contribution in [0.4, 0.5) is 0 Å². The Morgan fingerprint density at radius 3 is 2.94 bits per heavy atom. The van der Waals surface area contributed by atoms with Crippen molar-refractivity contribution in [1.82, 2.24) is 5.32 Å². The first-order valence-corrected chi connectivity index (χ1v) is 7.30. The number of amides is 1. The molecule has 1 aromatic carbocycles. The predicted molar refractivity (Wildman–Crippen MR) is 77.6 cm³/mol. The number of rotatable bonds is 8. The second kappa shape index (κ2) is 8.53. The van der Waals surface area contributed by atoms with Gasteiger partial charge in [0.15, 0.2) is 0 Å². The first-order valence-electron chi connectivity index (χ1n) is 5.52. The lowest BCUT2D eigenvalue weighted by atomic mass is 10.2. The van der Waals surface area contributed by atoms with Crippen molar-refractivity contribution in [3.63, 3.8) is 0 Å². The molecule has 4 nitrogen and oxygen atoms in total. The zero-order valence-corrected chi connectivity index (χ0v) is 12.6. The minimum Gasteiger partial charge on any atom is -0.383 e. The number of thioether (sulfide) groups is 1. The summed E-state index contributed by atoms with van der Waals surface area (Å²) in [7, 11) is 1.68. The van der Waals surface area contributed by atoms with Gasteiger partial charge in [-0.3, -0.25) is 4.79 Å². The van der Waals surface area contributed by atoms with E-state index in [1.807, 2.05) is 18.2 Å². The molecule has 0 unspecified atom stereocenters. The van der Waals surface area contributed by atoms with Crippen LogP contribution < -0.4 is 11.1 Å². The Hall–Kier alpha value is -0.560. The van der Waals surface area contributed by atoms with Gasteiger partial charge in [0.25, 0.3) is 0 Å². The van der Waals surface area contributed by atoms with E-state index in [0.29, 0.717) is 12.4 Å². The van der Waals surface area contributed by atoms with Crippen LogP contribution in [0.15, 0.2) is 27.6 Å². The van der Waals surface area contributed by atoms with Gasteiger partial charge in [-0.2, -0.15) is 0 Å². The molecule has 0 saturated carbocycles. The highest BCUT2D eigenvalue weighted by molar-refractivity contribution is 9.10. The number of nitrogens with one attached hydrogen (secondary N) is 1. The number of benzene rings is 1. The quantitative estimate of drug-likeness (QED) is 0.562. The number of hydrogen-bond acceptors (Lipinski definition) is 4. The van der Waals surface area contributed by atoms with Gasteiger partial charge in [-0.15, -0.1) is 11.8 Å². The first-order chi connectivity index (χ1) is 8.63. The zero-order chi connectivity index (χ0) is 13.4. The zero-order valence-electron chi connectivity index (χ0n) is 10.2. The Bertz CT molecular complexity index is 402. The Balaban J connectivity index is 2.48. The normalized spacial score (nSPS) is 10.6. The number of carbonyl (C=O) groups is 1. The third-order valence-corrected chi connectivity index (χ3v) is 4.19. The van der Waals surface area contributed by atoms with E-state index in [1.165, 1.54) is 17.3 Å². The Morgan fingerprint density at radius 2 is 2.33 bits per heavy atom. The molecule has 0 aromatic heterocycles. The molecular weight excluding hydrogens is 316 g/mol. The van der Waals surface area contributed by atoms with Crippen molar-refractivity contribution in [1.29, 1.82) is 0 Å². The summed E-state index contributed by atoms with van der Waals surface area (Å²) >= 11 is 4.93. The molecule has 0 aliphatic rings. The topological polar surface area (TPSA) is 64.3 Å². The molecule has 0 heterocycles. The van der Waals surface area contributed by atoms with Crippen molar-refractivity contribution in [2.75, 3.05) is 26.0 Å². The molecule has 0 saturated heterocycles. The summed E-state index contributed by atoms with van der Waals surface area (Å²) in [4.78, 5) is 11.7. The van der Waals surface area contributed by atoms with Gasteiger partial charge in [-0.05, 0) is 33.6 Å². The van der Waals surface area contributed by atoms with Crippen LogP contribution in [0.1, 0.15) is 5.56 Å². The second-order valence-corrected chi connectivity index (χ2v) is 5.56. The van der Waals surface area contributed by atoms with Gasteiger partial charge in [0.1, 0.15) is 0 Å². The molecule has 0 aliphatic heterocycles. The van der Waals surface area contributed by atoms with Gasteiger partial charge in [0, 0.05) is 29.6 Å². The fourth-order valence-corrected chi connectivity index (χ4v) is 2.76. The highest BCUT2D eigenvalue weighted by atomic mass is 79.9. The summed E-state index contributed by atoms with van der Waals surface area (Å²) in [5, 5.41) is 3.27. The van der Waals surface area contributed by atoms with E-state index < -0.39 is 0 Å². The number of methoxy groups -OCH3 is 1. The number of ether oxygens (including phenoxy) is 1. The fraction of sp³-hybridized carbons (Fsp3) is 0.417. The van der Waals surface area contributed by atoms with Gasteiger partial charge in [0.05, 0.1) is 12.4 Å². The summed E-state index contributed by atoms with van der Waals surface area (Å²) < 4.78 is 5.94. The second-order valence-electron chi connectivity index (χ2n) is 3.69. The summed E-state index contributed by atoms with van der Waals surface area (Å²) in [6.45, 7) is 2.32. The Kier molecular flexibility index (Phi) is 7.34. The predicted octanol–water partition coefficient (Wildman–Crippen LogP) is 1.76. The van der Waals surface area contributed by atoms with E-state index in [0.717, 1.165) is 22.5 Å². The monoisotopic (exact) mass is 332 g/mol. The van der Waals surface area contributed by atoms with Gasteiger partial charge in [-0.25, -0.2) is 0 Å². The number of nitrogens with two attached hydrogens (primary N) is 1. The van der Waals surface area contributed by atoms with Crippen LogP contribution in [0.5, 0.6) is 0 Å². The SMILES string of the molecule is COCCNCc1ccc(SCC(N)=O)c(Br)c1. The number of halogens is 1. The maximum absolute atomic E-state index is 10.7. The Morgan fingerprint density at radius 1 is 1.56 bits per heavy atom. The van der Waals surface area contributed by atoms with Crippen LogP contribution >= 0.6 is 27.7 Å². The number of primary amides is 1. The van der Waals surface area contributed by atoms with Crippen molar-refractivity contribution >= 4 is 33.6 Å². The van der Waals surface area contributed by atoms with Crippen LogP contribution in [0.3, 0.4) is 0 Å². The molecule has 1 rings (SSSR count). The molecule has 0 fully saturated rings. The van der Waals surface area contributed by atoms with E-state index in [-0.39, 0.29) is 5.91 Å². The molecular formula is C12H17BrN2O2S. The molecule has 6 heteroatoms. The average molecular weight is 333 g/mol. The fourth-order valence-electron chi connectivity index (χ4n) is 1.33. The van der Waals surface area contributed by atoms with Gasteiger partial charge in [0.2, 0.25) is 5.91 Å². The van der Waals surface area contributed by atoms with E-state index in [9.17, 15) is 4.79 Å². The number of hydrogen-bond donors (Lipinski definition) is 2. The summed E-state index contributed by atoms with van der Waals surface area (Å²) in [5.41, 5.74) is 6.30. The molecule has 1 aromatic rings. The van der Waals surface area contributed by atoms with Crippen molar-refractivity contribution < 1.29 is 9.53 Å². The first kappa shape index (κ1) is 15.5. The minimum atomic E-state index is -0.308. The third-order valence-electron chi connectivity index (χ3n) is 2.18. The molecule has 100 valence electrons. The summed E-state index contributed by atoms with van der Waals surface area (Å²) in [6, 6.07) is 6.07. The summed E-state index contributed by atoms with van der Waals surface area (Å²) in [5.74, 6) is -0.0125. The lowest BCUT2D eigenvalue weighted by Gasteiger charge is -2.07. The van der Waals surface area contributed by atoms with E-state index >= 15 is 0 Å².